The number of anilines is 1. The van der Waals surface area contributed by atoms with Crippen LogP contribution in [0.4, 0.5) is 27.6 Å². The summed E-state index contributed by atoms with van der Waals surface area (Å²) in [4.78, 5) is 26.8. The number of morpholine rings is 1. The van der Waals surface area contributed by atoms with Gasteiger partial charge in [-0.2, -0.15) is 13.2 Å². The van der Waals surface area contributed by atoms with Crippen LogP contribution in [0.25, 0.3) is 10.8 Å². The van der Waals surface area contributed by atoms with Crippen molar-refractivity contribution in [1.29, 1.82) is 0 Å². The van der Waals surface area contributed by atoms with E-state index in [2.05, 4.69) is 5.32 Å². The van der Waals surface area contributed by atoms with Crippen molar-refractivity contribution in [2.75, 3.05) is 31.8 Å². The number of ether oxygens (including phenoxy) is 2. The lowest BCUT2D eigenvalue weighted by Crippen LogP contribution is -2.53. The first kappa shape index (κ1) is 33.6. The van der Waals surface area contributed by atoms with Gasteiger partial charge in [0, 0.05) is 18.7 Å². The zero-order valence-electron chi connectivity index (χ0n) is 26.0. The van der Waals surface area contributed by atoms with Crippen molar-refractivity contribution in [2.45, 2.75) is 63.6 Å². The molecule has 5 rings (SSSR count). The standard InChI is InChI=1S/C32H34BF5N2O6/c1-30(2)31(3,4)46-33(45-30)22-11-10-18(20-8-6-7-9-21(20)22)14-25(29(42)43-5)39-28(41)27-23(34)15-19(16-24(27)35)40-12-13-44-17-26(40)32(36,37)38/h6-11,15-16,25-26H,12-14,17H2,1-5H3,(H,39,41)/t25?,26-/m1/s1. The second-order valence-electron chi connectivity index (χ2n) is 12.3. The summed E-state index contributed by atoms with van der Waals surface area (Å²) in [6, 6.07) is 8.73. The Hall–Kier alpha value is -3.75. The van der Waals surface area contributed by atoms with Crippen molar-refractivity contribution < 1.29 is 50.3 Å². The van der Waals surface area contributed by atoms with Crippen molar-refractivity contribution in [2.24, 2.45) is 0 Å². The van der Waals surface area contributed by atoms with Gasteiger partial charge in [0.1, 0.15) is 29.3 Å². The highest BCUT2D eigenvalue weighted by Crippen LogP contribution is 2.37. The number of nitrogens with zero attached hydrogens (tertiary/aromatic N) is 1. The Bertz CT molecular complexity index is 1610. The number of carbonyl (C=O) groups excluding carboxylic acids is 2. The van der Waals surface area contributed by atoms with Crippen molar-refractivity contribution in [3.63, 3.8) is 0 Å². The molecule has 2 saturated heterocycles. The number of benzene rings is 3. The van der Waals surface area contributed by atoms with Gasteiger partial charge >= 0.3 is 19.3 Å². The average molecular weight is 648 g/mol. The smallest absolute Gasteiger partial charge is 0.467 e. The summed E-state index contributed by atoms with van der Waals surface area (Å²) in [5.41, 5.74) is -1.22. The van der Waals surface area contributed by atoms with Gasteiger partial charge in [-0.1, -0.05) is 36.4 Å². The van der Waals surface area contributed by atoms with Crippen LogP contribution < -0.4 is 15.7 Å². The molecule has 1 unspecified atom stereocenters. The predicted octanol–water partition coefficient (Wildman–Crippen LogP) is 4.70. The van der Waals surface area contributed by atoms with Crippen LogP contribution in [0, 0.1) is 11.6 Å². The number of carbonyl (C=O) groups is 2. The molecule has 2 fully saturated rings. The van der Waals surface area contributed by atoms with Gasteiger partial charge in [-0.3, -0.25) is 4.79 Å². The molecule has 3 aromatic carbocycles. The zero-order valence-corrected chi connectivity index (χ0v) is 26.0. The van der Waals surface area contributed by atoms with Crippen molar-refractivity contribution in [1.82, 2.24) is 5.32 Å². The number of hydrogen-bond donors (Lipinski definition) is 1. The van der Waals surface area contributed by atoms with E-state index in [1.54, 1.807) is 18.2 Å². The summed E-state index contributed by atoms with van der Waals surface area (Å²) in [6.45, 7) is 6.71. The molecule has 46 heavy (non-hydrogen) atoms. The molecule has 1 N–H and O–H groups in total. The molecule has 0 aromatic heterocycles. The maximum absolute atomic E-state index is 15.2. The van der Waals surface area contributed by atoms with Gasteiger partial charge in [0.05, 0.1) is 31.5 Å². The maximum Gasteiger partial charge on any atom is 0.495 e. The number of methoxy groups -OCH3 is 1. The molecule has 2 aliphatic rings. The topological polar surface area (TPSA) is 86.3 Å². The summed E-state index contributed by atoms with van der Waals surface area (Å²) >= 11 is 0. The van der Waals surface area contributed by atoms with Gasteiger partial charge in [-0.15, -0.1) is 0 Å². The summed E-state index contributed by atoms with van der Waals surface area (Å²) in [7, 11) is 0.439. The van der Waals surface area contributed by atoms with Gasteiger partial charge in [0.15, 0.2) is 0 Å². The van der Waals surface area contributed by atoms with E-state index in [1.165, 1.54) is 0 Å². The largest absolute Gasteiger partial charge is 0.495 e. The number of esters is 1. The molecule has 0 saturated carbocycles. The van der Waals surface area contributed by atoms with Crippen LogP contribution in [0.3, 0.4) is 0 Å². The zero-order chi connectivity index (χ0) is 33.6. The summed E-state index contributed by atoms with van der Waals surface area (Å²) in [5, 5.41) is 3.85. The number of halogens is 5. The van der Waals surface area contributed by atoms with Crippen molar-refractivity contribution in [3.05, 3.63) is 71.3 Å². The molecular weight excluding hydrogens is 614 g/mol. The normalized spacial score (nSPS) is 20.1. The third-order valence-electron chi connectivity index (χ3n) is 8.86. The summed E-state index contributed by atoms with van der Waals surface area (Å²) < 4.78 is 93.4. The second-order valence-corrected chi connectivity index (χ2v) is 12.3. The van der Waals surface area contributed by atoms with Gasteiger partial charge in [0.2, 0.25) is 0 Å². The highest BCUT2D eigenvalue weighted by atomic mass is 19.4. The monoisotopic (exact) mass is 648 g/mol. The Morgan fingerprint density at radius 1 is 1.02 bits per heavy atom. The van der Waals surface area contributed by atoms with E-state index in [1.807, 2.05) is 45.9 Å². The first-order chi connectivity index (χ1) is 21.5. The lowest BCUT2D eigenvalue weighted by Gasteiger charge is -2.38. The van der Waals surface area contributed by atoms with Gasteiger partial charge in [-0.05, 0) is 61.6 Å². The van der Waals surface area contributed by atoms with Crippen LogP contribution in [0.1, 0.15) is 43.6 Å². The minimum Gasteiger partial charge on any atom is -0.467 e. The molecule has 246 valence electrons. The van der Waals surface area contributed by atoms with E-state index in [9.17, 15) is 22.8 Å². The molecule has 0 aliphatic carbocycles. The van der Waals surface area contributed by atoms with Crippen LogP contribution >= 0.6 is 0 Å². The molecule has 1 amide bonds. The van der Waals surface area contributed by atoms with Crippen molar-refractivity contribution in [3.8, 4) is 0 Å². The van der Waals surface area contributed by atoms with Crippen LogP contribution in [0.15, 0.2) is 48.5 Å². The van der Waals surface area contributed by atoms with E-state index in [-0.39, 0.29) is 19.6 Å². The van der Waals surface area contributed by atoms with Gasteiger partial charge in [-0.25, -0.2) is 13.6 Å². The summed E-state index contributed by atoms with van der Waals surface area (Å²) in [6.07, 6.45) is -4.82. The van der Waals surface area contributed by atoms with E-state index in [4.69, 9.17) is 18.8 Å². The van der Waals surface area contributed by atoms with E-state index in [0.717, 1.165) is 28.2 Å². The molecule has 8 nitrogen and oxygen atoms in total. The molecule has 14 heteroatoms. The van der Waals surface area contributed by atoms with Gasteiger partial charge < -0.3 is 29.0 Å². The first-order valence-electron chi connectivity index (χ1n) is 14.7. The Morgan fingerprint density at radius 2 is 1.63 bits per heavy atom. The Morgan fingerprint density at radius 3 is 2.22 bits per heavy atom. The van der Waals surface area contributed by atoms with E-state index in [0.29, 0.717) is 17.7 Å². The molecule has 3 aromatic rings. The average Bonchev–Trinajstić information content (AvgIpc) is 3.21. The lowest BCUT2D eigenvalue weighted by atomic mass is 9.75. The third kappa shape index (κ3) is 6.43. The Balaban J connectivity index is 1.42. The van der Waals surface area contributed by atoms with Crippen LogP contribution in [-0.2, 0) is 30.0 Å². The van der Waals surface area contributed by atoms with Crippen LogP contribution in [-0.4, -0.2) is 75.3 Å². The summed E-state index contributed by atoms with van der Waals surface area (Å²) in [5.74, 6) is -4.92. The van der Waals surface area contributed by atoms with Crippen molar-refractivity contribution >= 4 is 40.9 Å². The third-order valence-corrected chi connectivity index (χ3v) is 8.86. The lowest BCUT2D eigenvalue weighted by molar-refractivity contribution is -0.167. The van der Waals surface area contributed by atoms with E-state index < -0.39 is 77.9 Å². The fourth-order valence-electron chi connectivity index (χ4n) is 5.65. The first-order valence-corrected chi connectivity index (χ1v) is 14.7. The van der Waals surface area contributed by atoms with Crippen LogP contribution in [0.5, 0.6) is 0 Å². The Kier molecular flexibility index (Phi) is 9.10. The number of rotatable bonds is 7. The number of nitrogens with one attached hydrogen (secondary N) is 1. The SMILES string of the molecule is COC(=O)C(Cc1ccc(B2OC(C)(C)C(C)(C)O2)c2ccccc12)NC(=O)c1c(F)cc(N2CCOC[C@@H]2C(F)(F)F)cc1F. The molecule has 2 atom stereocenters. The molecule has 2 heterocycles. The Labute approximate surface area is 263 Å². The quantitative estimate of drug-likeness (QED) is 0.226. The number of fused-ring (bicyclic) bond motifs is 1. The minimum absolute atomic E-state index is 0.0782. The van der Waals surface area contributed by atoms with E-state index >= 15 is 8.78 Å². The van der Waals surface area contributed by atoms with Gasteiger partial charge in [0.25, 0.3) is 5.91 Å². The minimum atomic E-state index is -4.72. The van der Waals surface area contributed by atoms with Crippen LogP contribution in [0.2, 0.25) is 0 Å². The highest BCUT2D eigenvalue weighted by Gasteiger charge is 2.52. The second kappa shape index (κ2) is 12.5. The fourth-order valence-corrected chi connectivity index (χ4v) is 5.65. The number of alkyl halides is 3. The number of hydrogen-bond acceptors (Lipinski definition) is 7. The molecule has 0 spiro atoms. The fraction of sp³-hybridized carbons (Fsp3) is 0.438. The highest BCUT2D eigenvalue weighted by molar-refractivity contribution is 6.65. The molecular formula is C32H34BF5N2O6. The molecule has 0 radical (unpaired) electrons. The predicted molar refractivity (Wildman–Crippen MR) is 161 cm³/mol. The molecule has 2 aliphatic heterocycles. The maximum atomic E-state index is 15.2. The molecule has 0 bridgehead atoms. The number of amides is 1.